The van der Waals surface area contributed by atoms with Crippen LogP contribution in [0.5, 0.6) is 0 Å². The number of hydrogen-bond acceptors (Lipinski definition) is 2. The Labute approximate surface area is 85.0 Å². The van der Waals surface area contributed by atoms with Gasteiger partial charge in [-0.1, -0.05) is 6.07 Å². The van der Waals surface area contributed by atoms with Crippen LogP contribution in [0.4, 0.5) is 4.39 Å². The van der Waals surface area contributed by atoms with E-state index in [0.29, 0.717) is 0 Å². The molecule has 0 atom stereocenters. The van der Waals surface area contributed by atoms with Crippen molar-refractivity contribution in [3.63, 3.8) is 0 Å². The van der Waals surface area contributed by atoms with Crippen LogP contribution in [0, 0.1) is 5.82 Å². The van der Waals surface area contributed by atoms with Crippen molar-refractivity contribution >= 4 is 11.9 Å². The van der Waals surface area contributed by atoms with Crippen LogP contribution in [0.1, 0.15) is 11.1 Å². The summed E-state index contributed by atoms with van der Waals surface area (Å²) in [6, 6.07) is 3.55. The molecule has 0 fully saturated rings. The van der Waals surface area contributed by atoms with Gasteiger partial charge in [-0.05, 0) is 23.3 Å². The lowest BCUT2D eigenvalue weighted by atomic mass is 10.1. The Kier molecular flexibility index (Phi) is 3.38. The molecule has 0 radical (unpaired) electrons. The molecular formula is C10H9FO4. The van der Waals surface area contributed by atoms with Crippen LogP contribution in [-0.2, 0) is 22.4 Å². The smallest absolute Gasteiger partial charge is 0.307 e. The van der Waals surface area contributed by atoms with E-state index in [-0.39, 0.29) is 24.0 Å². The van der Waals surface area contributed by atoms with Gasteiger partial charge in [-0.15, -0.1) is 0 Å². The van der Waals surface area contributed by atoms with Crippen molar-refractivity contribution in [3.8, 4) is 0 Å². The van der Waals surface area contributed by atoms with Gasteiger partial charge < -0.3 is 10.2 Å². The highest BCUT2D eigenvalue weighted by molar-refractivity contribution is 5.72. The van der Waals surface area contributed by atoms with Crippen molar-refractivity contribution in [2.45, 2.75) is 12.8 Å². The molecule has 0 aromatic heterocycles. The minimum atomic E-state index is -1.08. The van der Waals surface area contributed by atoms with E-state index in [1.165, 1.54) is 6.07 Å². The van der Waals surface area contributed by atoms with Crippen molar-refractivity contribution in [1.82, 2.24) is 0 Å². The minimum absolute atomic E-state index is 0.263. The zero-order chi connectivity index (χ0) is 11.4. The van der Waals surface area contributed by atoms with Crippen LogP contribution >= 0.6 is 0 Å². The van der Waals surface area contributed by atoms with Gasteiger partial charge in [0, 0.05) is 0 Å². The second-order valence-electron chi connectivity index (χ2n) is 3.11. The third-order valence-corrected chi connectivity index (χ3v) is 1.73. The second kappa shape index (κ2) is 4.54. The number of carboxylic acids is 2. The van der Waals surface area contributed by atoms with Gasteiger partial charge in [-0.25, -0.2) is 4.39 Å². The van der Waals surface area contributed by atoms with Gasteiger partial charge in [0.2, 0.25) is 0 Å². The lowest BCUT2D eigenvalue weighted by Crippen LogP contribution is -2.04. The molecule has 0 unspecified atom stereocenters. The van der Waals surface area contributed by atoms with Crippen LogP contribution in [0.25, 0.3) is 0 Å². The molecule has 2 N–H and O–H groups in total. The lowest BCUT2D eigenvalue weighted by Gasteiger charge is -2.02. The summed E-state index contributed by atoms with van der Waals surface area (Å²) in [5, 5.41) is 17.0. The highest BCUT2D eigenvalue weighted by Gasteiger charge is 2.07. The first kappa shape index (κ1) is 11.2. The quantitative estimate of drug-likeness (QED) is 0.783. The Hall–Kier alpha value is -1.91. The minimum Gasteiger partial charge on any atom is -0.481 e. The molecule has 5 heteroatoms. The zero-order valence-corrected chi connectivity index (χ0v) is 7.74. The summed E-state index contributed by atoms with van der Waals surface area (Å²) in [5.41, 5.74) is 0.525. The van der Waals surface area contributed by atoms with Gasteiger partial charge in [0.15, 0.2) is 0 Å². The molecule has 1 aromatic carbocycles. The van der Waals surface area contributed by atoms with Gasteiger partial charge in [0.05, 0.1) is 12.8 Å². The predicted molar refractivity (Wildman–Crippen MR) is 49.1 cm³/mol. The van der Waals surface area contributed by atoms with Gasteiger partial charge in [-0.2, -0.15) is 0 Å². The number of benzene rings is 1. The van der Waals surface area contributed by atoms with E-state index in [1.807, 2.05) is 0 Å². The first-order chi connectivity index (χ1) is 6.97. The summed E-state index contributed by atoms with van der Waals surface area (Å²) in [4.78, 5) is 20.7. The summed E-state index contributed by atoms with van der Waals surface area (Å²) in [7, 11) is 0. The average Bonchev–Trinajstić information content (AvgIpc) is 1.98. The molecule has 0 saturated heterocycles. The number of hydrogen-bond donors (Lipinski definition) is 2. The Bertz CT molecular complexity index is 366. The Morgan fingerprint density at radius 3 is 1.73 bits per heavy atom. The first-order valence-electron chi connectivity index (χ1n) is 4.19. The van der Waals surface area contributed by atoms with E-state index in [0.717, 1.165) is 12.1 Å². The van der Waals surface area contributed by atoms with Crippen molar-refractivity contribution in [3.05, 3.63) is 35.1 Å². The van der Waals surface area contributed by atoms with Crippen LogP contribution in [0.3, 0.4) is 0 Å². The highest BCUT2D eigenvalue weighted by Crippen LogP contribution is 2.10. The van der Waals surface area contributed by atoms with E-state index in [9.17, 15) is 14.0 Å². The number of carbonyl (C=O) groups is 2. The van der Waals surface area contributed by atoms with E-state index in [4.69, 9.17) is 10.2 Å². The normalized spacial score (nSPS) is 9.93. The summed E-state index contributed by atoms with van der Waals surface area (Å²) < 4.78 is 12.9. The highest BCUT2D eigenvalue weighted by atomic mass is 19.1. The molecule has 15 heavy (non-hydrogen) atoms. The SMILES string of the molecule is O=C(O)Cc1cc(F)cc(CC(=O)O)c1. The Balaban J connectivity index is 2.94. The summed E-state index contributed by atoms with van der Waals surface area (Å²) in [6.45, 7) is 0. The molecule has 0 spiro atoms. The summed E-state index contributed by atoms with van der Waals surface area (Å²) in [5.74, 6) is -2.78. The number of carboxylic acid groups (broad SMARTS) is 2. The van der Waals surface area contributed by atoms with Crippen LogP contribution in [0.15, 0.2) is 18.2 Å². The molecule has 0 amide bonds. The standard InChI is InChI=1S/C10H9FO4/c11-8-2-6(4-9(12)13)1-7(3-8)5-10(14)15/h1-3H,4-5H2,(H,12,13)(H,14,15). The van der Waals surface area contributed by atoms with Crippen molar-refractivity contribution in [2.24, 2.45) is 0 Å². The molecule has 80 valence electrons. The molecule has 0 saturated carbocycles. The van der Waals surface area contributed by atoms with Crippen LogP contribution < -0.4 is 0 Å². The molecule has 4 nitrogen and oxygen atoms in total. The summed E-state index contributed by atoms with van der Waals surface area (Å²) in [6.07, 6.45) is -0.630. The van der Waals surface area contributed by atoms with E-state index in [2.05, 4.69) is 0 Å². The fourth-order valence-corrected chi connectivity index (χ4v) is 1.27. The van der Waals surface area contributed by atoms with Crippen molar-refractivity contribution < 1.29 is 24.2 Å². The topological polar surface area (TPSA) is 74.6 Å². The molecule has 0 heterocycles. The Morgan fingerprint density at radius 2 is 1.40 bits per heavy atom. The predicted octanol–water partition coefficient (Wildman–Crippen LogP) is 1.08. The third kappa shape index (κ3) is 3.76. The molecule has 0 aliphatic carbocycles. The molecule has 1 aromatic rings. The average molecular weight is 212 g/mol. The van der Waals surface area contributed by atoms with Gasteiger partial charge in [0.1, 0.15) is 5.82 Å². The molecule has 0 bridgehead atoms. The monoisotopic (exact) mass is 212 g/mol. The third-order valence-electron chi connectivity index (χ3n) is 1.73. The van der Waals surface area contributed by atoms with Crippen molar-refractivity contribution in [1.29, 1.82) is 0 Å². The van der Waals surface area contributed by atoms with E-state index >= 15 is 0 Å². The van der Waals surface area contributed by atoms with Crippen LogP contribution in [-0.4, -0.2) is 22.2 Å². The Morgan fingerprint density at radius 1 is 1.00 bits per heavy atom. The summed E-state index contributed by atoms with van der Waals surface area (Å²) >= 11 is 0. The maximum absolute atomic E-state index is 12.9. The first-order valence-corrected chi connectivity index (χ1v) is 4.19. The molecule has 0 aliphatic rings. The fourth-order valence-electron chi connectivity index (χ4n) is 1.27. The van der Waals surface area contributed by atoms with E-state index < -0.39 is 17.8 Å². The molecule has 0 aliphatic heterocycles. The van der Waals surface area contributed by atoms with Gasteiger partial charge in [0.25, 0.3) is 0 Å². The van der Waals surface area contributed by atoms with Crippen molar-refractivity contribution in [2.75, 3.05) is 0 Å². The maximum atomic E-state index is 12.9. The number of halogens is 1. The number of rotatable bonds is 4. The van der Waals surface area contributed by atoms with Gasteiger partial charge in [-0.3, -0.25) is 9.59 Å². The zero-order valence-electron chi connectivity index (χ0n) is 7.74. The van der Waals surface area contributed by atoms with Gasteiger partial charge >= 0.3 is 11.9 Å². The second-order valence-corrected chi connectivity index (χ2v) is 3.11. The fraction of sp³-hybridized carbons (Fsp3) is 0.200. The largest absolute Gasteiger partial charge is 0.481 e. The maximum Gasteiger partial charge on any atom is 0.307 e. The lowest BCUT2D eigenvalue weighted by molar-refractivity contribution is -0.137. The molecule has 1 rings (SSSR count). The van der Waals surface area contributed by atoms with Crippen LogP contribution in [0.2, 0.25) is 0 Å². The number of aliphatic carboxylic acids is 2. The molecular weight excluding hydrogens is 203 g/mol. The van der Waals surface area contributed by atoms with E-state index in [1.54, 1.807) is 0 Å².